The molecule has 18 heavy (non-hydrogen) atoms. The molecule has 1 aliphatic heterocycles. The zero-order valence-electron chi connectivity index (χ0n) is 10.4. The van der Waals surface area contributed by atoms with Crippen molar-refractivity contribution in [3.8, 4) is 6.07 Å². The molecule has 1 aromatic rings. The summed E-state index contributed by atoms with van der Waals surface area (Å²) in [6.45, 7) is 2.83. The molecule has 0 aromatic heterocycles. The standard InChI is InChI=1S/C14H18BrN3/c15-13-2-1-3-14(12(13)10-17)18-8-5-11(4-7-16)6-9-18/h1-3,11H,4-9,16H2. The Morgan fingerprint density at radius 1 is 1.39 bits per heavy atom. The second kappa shape index (κ2) is 6.21. The van der Waals surface area contributed by atoms with Crippen molar-refractivity contribution in [1.29, 1.82) is 5.26 Å². The van der Waals surface area contributed by atoms with Crippen LogP contribution in [-0.4, -0.2) is 19.6 Å². The van der Waals surface area contributed by atoms with Gasteiger partial charge in [0.05, 0.1) is 11.3 Å². The van der Waals surface area contributed by atoms with Gasteiger partial charge in [-0.1, -0.05) is 6.07 Å². The van der Waals surface area contributed by atoms with E-state index in [9.17, 15) is 5.26 Å². The number of hydrogen-bond donors (Lipinski definition) is 1. The maximum atomic E-state index is 9.24. The highest BCUT2D eigenvalue weighted by molar-refractivity contribution is 9.10. The molecule has 4 heteroatoms. The van der Waals surface area contributed by atoms with Crippen LogP contribution < -0.4 is 10.6 Å². The van der Waals surface area contributed by atoms with Gasteiger partial charge in [-0.05, 0) is 59.8 Å². The summed E-state index contributed by atoms with van der Waals surface area (Å²) in [6.07, 6.45) is 3.47. The Morgan fingerprint density at radius 3 is 2.72 bits per heavy atom. The fourth-order valence-electron chi connectivity index (χ4n) is 2.59. The minimum Gasteiger partial charge on any atom is -0.370 e. The van der Waals surface area contributed by atoms with Crippen molar-refractivity contribution in [1.82, 2.24) is 0 Å². The van der Waals surface area contributed by atoms with E-state index < -0.39 is 0 Å². The number of hydrogen-bond acceptors (Lipinski definition) is 3. The molecule has 1 aromatic carbocycles. The number of halogens is 1. The van der Waals surface area contributed by atoms with Crippen LogP contribution in [0.3, 0.4) is 0 Å². The van der Waals surface area contributed by atoms with Gasteiger partial charge in [0.15, 0.2) is 0 Å². The van der Waals surface area contributed by atoms with Crippen LogP contribution in [0.2, 0.25) is 0 Å². The van der Waals surface area contributed by atoms with Crippen LogP contribution in [0.5, 0.6) is 0 Å². The maximum Gasteiger partial charge on any atom is 0.103 e. The van der Waals surface area contributed by atoms with Gasteiger partial charge in [-0.15, -0.1) is 0 Å². The highest BCUT2D eigenvalue weighted by Crippen LogP contribution is 2.30. The number of nitrogens with zero attached hydrogens (tertiary/aromatic N) is 2. The molecule has 0 bridgehead atoms. The van der Waals surface area contributed by atoms with Crippen molar-refractivity contribution >= 4 is 21.6 Å². The predicted molar refractivity (Wildman–Crippen MR) is 77.5 cm³/mol. The van der Waals surface area contributed by atoms with Crippen LogP contribution in [0.15, 0.2) is 22.7 Å². The highest BCUT2D eigenvalue weighted by Gasteiger charge is 2.21. The van der Waals surface area contributed by atoms with E-state index in [1.807, 2.05) is 18.2 Å². The fraction of sp³-hybridized carbons (Fsp3) is 0.500. The Hall–Kier alpha value is -1.05. The lowest BCUT2D eigenvalue weighted by Crippen LogP contribution is -2.34. The van der Waals surface area contributed by atoms with Gasteiger partial charge in [0.25, 0.3) is 0 Å². The smallest absolute Gasteiger partial charge is 0.103 e. The summed E-state index contributed by atoms with van der Waals surface area (Å²) in [5.41, 5.74) is 7.41. The molecule has 0 radical (unpaired) electrons. The molecule has 1 heterocycles. The second-order valence-electron chi connectivity index (χ2n) is 4.75. The normalized spacial score (nSPS) is 16.6. The lowest BCUT2D eigenvalue weighted by molar-refractivity contribution is 0.386. The molecule has 0 amide bonds. The first kappa shape index (κ1) is 13.4. The predicted octanol–water partition coefficient (Wildman–Crippen LogP) is 2.89. The molecule has 0 saturated carbocycles. The molecule has 2 rings (SSSR count). The van der Waals surface area contributed by atoms with E-state index in [1.54, 1.807) is 0 Å². The second-order valence-corrected chi connectivity index (χ2v) is 5.61. The monoisotopic (exact) mass is 307 g/mol. The first-order valence-corrected chi connectivity index (χ1v) is 7.19. The van der Waals surface area contributed by atoms with Crippen molar-refractivity contribution in [2.45, 2.75) is 19.3 Å². The van der Waals surface area contributed by atoms with E-state index in [0.717, 1.165) is 47.7 Å². The molecular weight excluding hydrogens is 290 g/mol. The molecule has 3 nitrogen and oxygen atoms in total. The van der Waals surface area contributed by atoms with Crippen molar-refractivity contribution in [3.05, 3.63) is 28.2 Å². The third-order valence-electron chi connectivity index (χ3n) is 3.63. The number of rotatable bonds is 3. The highest BCUT2D eigenvalue weighted by atomic mass is 79.9. The first-order chi connectivity index (χ1) is 8.76. The van der Waals surface area contributed by atoms with E-state index in [1.165, 1.54) is 12.8 Å². The summed E-state index contributed by atoms with van der Waals surface area (Å²) in [5, 5.41) is 9.24. The van der Waals surface area contributed by atoms with Gasteiger partial charge in [-0.25, -0.2) is 0 Å². The van der Waals surface area contributed by atoms with Gasteiger partial charge in [0.2, 0.25) is 0 Å². The average Bonchev–Trinajstić information content (AvgIpc) is 2.40. The number of piperidine rings is 1. The lowest BCUT2D eigenvalue weighted by Gasteiger charge is -2.34. The summed E-state index contributed by atoms with van der Waals surface area (Å²) in [5.74, 6) is 0.754. The molecule has 2 N–H and O–H groups in total. The number of nitrogens with two attached hydrogens (primary N) is 1. The molecule has 0 unspecified atom stereocenters. The lowest BCUT2D eigenvalue weighted by atomic mass is 9.93. The molecular formula is C14H18BrN3. The largest absolute Gasteiger partial charge is 0.370 e. The van der Waals surface area contributed by atoms with Gasteiger partial charge in [-0.2, -0.15) is 5.26 Å². The summed E-state index contributed by atoms with van der Waals surface area (Å²) in [4.78, 5) is 2.32. The molecule has 0 spiro atoms. The average molecular weight is 308 g/mol. The van der Waals surface area contributed by atoms with E-state index in [0.29, 0.717) is 0 Å². The number of anilines is 1. The molecule has 0 aliphatic carbocycles. The Morgan fingerprint density at radius 2 is 2.11 bits per heavy atom. The van der Waals surface area contributed by atoms with Crippen LogP contribution in [0.25, 0.3) is 0 Å². The summed E-state index contributed by atoms with van der Waals surface area (Å²) in [6, 6.07) is 8.24. The Kier molecular flexibility index (Phi) is 4.62. The van der Waals surface area contributed by atoms with E-state index in [-0.39, 0.29) is 0 Å². The SMILES string of the molecule is N#Cc1c(Br)cccc1N1CCC(CCN)CC1. The van der Waals surface area contributed by atoms with Gasteiger partial charge in [0, 0.05) is 17.6 Å². The van der Waals surface area contributed by atoms with Crippen LogP contribution in [-0.2, 0) is 0 Å². The molecule has 96 valence electrons. The van der Waals surface area contributed by atoms with Crippen molar-refractivity contribution < 1.29 is 0 Å². The fourth-order valence-corrected chi connectivity index (χ4v) is 3.03. The topological polar surface area (TPSA) is 53.0 Å². The van der Waals surface area contributed by atoms with Crippen LogP contribution >= 0.6 is 15.9 Å². The Labute approximate surface area is 117 Å². The number of benzene rings is 1. The van der Waals surface area contributed by atoms with E-state index in [4.69, 9.17) is 5.73 Å². The van der Waals surface area contributed by atoms with Crippen LogP contribution in [0.1, 0.15) is 24.8 Å². The Bertz CT molecular complexity index is 445. The van der Waals surface area contributed by atoms with E-state index >= 15 is 0 Å². The van der Waals surface area contributed by atoms with Gasteiger partial charge in [-0.3, -0.25) is 0 Å². The Balaban J connectivity index is 2.10. The third-order valence-corrected chi connectivity index (χ3v) is 4.29. The number of nitriles is 1. The molecule has 1 aliphatic rings. The summed E-state index contributed by atoms with van der Waals surface area (Å²) in [7, 11) is 0. The quantitative estimate of drug-likeness (QED) is 0.934. The zero-order chi connectivity index (χ0) is 13.0. The maximum absolute atomic E-state index is 9.24. The zero-order valence-corrected chi connectivity index (χ0v) is 12.0. The van der Waals surface area contributed by atoms with Crippen LogP contribution in [0, 0.1) is 17.2 Å². The molecule has 0 atom stereocenters. The van der Waals surface area contributed by atoms with Gasteiger partial charge < -0.3 is 10.6 Å². The van der Waals surface area contributed by atoms with Gasteiger partial charge >= 0.3 is 0 Å². The first-order valence-electron chi connectivity index (χ1n) is 6.40. The van der Waals surface area contributed by atoms with Crippen molar-refractivity contribution in [2.24, 2.45) is 11.7 Å². The van der Waals surface area contributed by atoms with Crippen LogP contribution in [0.4, 0.5) is 5.69 Å². The molecule has 1 saturated heterocycles. The third kappa shape index (κ3) is 2.85. The molecule has 1 fully saturated rings. The summed E-state index contributed by atoms with van der Waals surface area (Å²) < 4.78 is 0.881. The minimum atomic E-state index is 0.745. The summed E-state index contributed by atoms with van der Waals surface area (Å²) >= 11 is 3.44. The van der Waals surface area contributed by atoms with Gasteiger partial charge in [0.1, 0.15) is 6.07 Å². The van der Waals surface area contributed by atoms with E-state index in [2.05, 4.69) is 26.9 Å². The minimum absolute atomic E-state index is 0.745. The van der Waals surface area contributed by atoms with Crippen molar-refractivity contribution in [3.63, 3.8) is 0 Å². The van der Waals surface area contributed by atoms with Crippen molar-refractivity contribution in [2.75, 3.05) is 24.5 Å².